The number of hydrogen-bond acceptors (Lipinski definition) is 5. The van der Waals surface area contributed by atoms with E-state index in [-0.39, 0.29) is 10.9 Å². The molecule has 9 heteroatoms. The summed E-state index contributed by atoms with van der Waals surface area (Å²) in [5.41, 5.74) is 0.844. The summed E-state index contributed by atoms with van der Waals surface area (Å²) in [5.74, 6) is -0.169. The maximum Gasteiger partial charge on any atom is 0.292 e. The van der Waals surface area contributed by atoms with Gasteiger partial charge in [0, 0.05) is 19.7 Å². The average Bonchev–Trinajstić information content (AvgIpc) is 3.07. The summed E-state index contributed by atoms with van der Waals surface area (Å²) in [6.45, 7) is 1.93. The minimum atomic E-state index is -3.70. The zero-order valence-electron chi connectivity index (χ0n) is 11.9. The van der Waals surface area contributed by atoms with E-state index in [1.54, 1.807) is 6.20 Å². The first-order valence-electron chi connectivity index (χ1n) is 6.22. The van der Waals surface area contributed by atoms with Gasteiger partial charge in [0.25, 0.3) is 15.9 Å². The van der Waals surface area contributed by atoms with Crippen LogP contribution in [0.2, 0.25) is 0 Å². The maximum absolute atomic E-state index is 12.0. The number of nitrogens with one attached hydrogen (secondary N) is 2. The van der Waals surface area contributed by atoms with Crippen LogP contribution in [-0.4, -0.2) is 42.9 Å². The molecule has 0 aromatic carbocycles. The molecular formula is C12H16N4O4S. The lowest BCUT2D eigenvalue weighted by Crippen LogP contribution is -2.21. The van der Waals surface area contributed by atoms with Gasteiger partial charge in [-0.1, -0.05) is 6.92 Å². The summed E-state index contributed by atoms with van der Waals surface area (Å²) in [6.07, 6.45) is 2.31. The molecule has 0 unspecified atom stereocenters. The van der Waals surface area contributed by atoms with E-state index in [1.165, 1.54) is 26.2 Å². The van der Waals surface area contributed by atoms with Gasteiger partial charge in [-0.25, -0.2) is 12.7 Å². The highest BCUT2D eigenvalue weighted by atomic mass is 32.2. The van der Waals surface area contributed by atoms with Crippen molar-refractivity contribution in [2.75, 3.05) is 19.4 Å². The number of amides is 1. The van der Waals surface area contributed by atoms with Crippen LogP contribution in [0.25, 0.3) is 0 Å². The molecule has 0 radical (unpaired) electrons. The Labute approximate surface area is 122 Å². The molecule has 8 nitrogen and oxygen atoms in total. The molecule has 1 amide bonds. The predicted molar refractivity (Wildman–Crippen MR) is 75.5 cm³/mol. The Bertz CT molecular complexity index is 745. The third-order valence-corrected chi connectivity index (χ3v) is 4.57. The molecule has 2 aromatic rings. The molecule has 2 aromatic heterocycles. The molecule has 21 heavy (non-hydrogen) atoms. The molecule has 0 spiro atoms. The molecule has 0 saturated heterocycles. The number of anilines is 1. The monoisotopic (exact) mass is 312 g/mol. The quantitative estimate of drug-likeness (QED) is 0.858. The smallest absolute Gasteiger partial charge is 0.292 e. The van der Waals surface area contributed by atoms with Gasteiger partial charge >= 0.3 is 0 Å². The first-order valence-corrected chi connectivity index (χ1v) is 7.66. The average molecular weight is 312 g/mol. The SMILES string of the molecule is CCc1cn[nH]c1NC(=O)c1ccc(S(=O)(=O)N(C)C)o1. The number of carbonyl (C=O) groups is 1. The number of aryl methyl sites for hydroxylation is 1. The molecule has 0 fully saturated rings. The molecular weight excluding hydrogens is 296 g/mol. The Morgan fingerprint density at radius 3 is 2.76 bits per heavy atom. The van der Waals surface area contributed by atoms with Crippen LogP contribution in [0.1, 0.15) is 23.0 Å². The van der Waals surface area contributed by atoms with Gasteiger partial charge in [0.15, 0.2) is 5.76 Å². The predicted octanol–water partition coefficient (Wildman–Crippen LogP) is 1.07. The minimum absolute atomic E-state index is 0.0907. The van der Waals surface area contributed by atoms with Gasteiger partial charge in [-0.2, -0.15) is 5.10 Å². The second kappa shape index (κ2) is 5.70. The number of nitrogens with zero attached hydrogens (tertiary/aromatic N) is 2. The number of aromatic nitrogens is 2. The second-order valence-electron chi connectivity index (χ2n) is 4.48. The molecule has 0 saturated carbocycles. The number of aromatic amines is 1. The molecule has 114 valence electrons. The molecule has 0 bridgehead atoms. The molecule has 2 N–H and O–H groups in total. The van der Waals surface area contributed by atoms with Crippen molar-refractivity contribution < 1.29 is 17.6 Å². The van der Waals surface area contributed by atoms with E-state index in [4.69, 9.17) is 4.42 Å². The van der Waals surface area contributed by atoms with Crippen molar-refractivity contribution >= 4 is 21.7 Å². The summed E-state index contributed by atoms with van der Waals surface area (Å²) < 4.78 is 29.9. The van der Waals surface area contributed by atoms with Gasteiger partial charge in [0.1, 0.15) is 5.82 Å². The van der Waals surface area contributed by atoms with E-state index < -0.39 is 15.9 Å². The summed E-state index contributed by atoms with van der Waals surface area (Å²) in [6, 6.07) is 2.56. The van der Waals surface area contributed by atoms with E-state index in [2.05, 4.69) is 15.5 Å². The van der Waals surface area contributed by atoms with E-state index in [9.17, 15) is 13.2 Å². The Hall–Kier alpha value is -2.13. The first-order chi connectivity index (χ1) is 9.86. The number of rotatable bonds is 5. The van der Waals surface area contributed by atoms with Gasteiger partial charge in [0.2, 0.25) is 5.09 Å². The summed E-state index contributed by atoms with van der Waals surface area (Å²) >= 11 is 0. The Kier molecular flexibility index (Phi) is 4.14. The minimum Gasteiger partial charge on any atom is -0.438 e. The highest BCUT2D eigenvalue weighted by Gasteiger charge is 2.23. The normalized spacial score (nSPS) is 11.8. The lowest BCUT2D eigenvalue weighted by Gasteiger charge is -2.07. The molecule has 2 heterocycles. The van der Waals surface area contributed by atoms with Crippen molar-refractivity contribution in [2.24, 2.45) is 0 Å². The molecule has 0 aliphatic heterocycles. The van der Waals surface area contributed by atoms with E-state index in [0.29, 0.717) is 12.2 Å². The van der Waals surface area contributed by atoms with Crippen molar-refractivity contribution in [2.45, 2.75) is 18.4 Å². The lowest BCUT2D eigenvalue weighted by atomic mass is 10.2. The summed E-state index contributed by atoms with van der Waals surface area (Å²) in [5, 5.41) is 8.81. The standard InChI is InChI=1S/C12H16N4O4S/c1-4-8-7-13-15-11(8)14-12(17)9-5-6-10(20-9)21(18,19)16(2)3/h5-7H,4H2,1-3H3,(H2,13,14,15,17). The van der Waals surface area contributed by atoms with Crippen LogP contribution in [-0.2, 0) is 16.4 Å². The van der Waals surface area contributed by atoms with E-state index in [1.807, 2.05) is 6.92 Å². The molecule has 0 atom stereocenters. The highest BCUT2D eigenvalue weighted by molar-refractivity contribution is 7.88. The second-order valence-corrected chi connectivity index (χ2v) is 6.57. The van der Waals surface area contributed by atoms with Crippen LogP contribution in [0.5, 0.6) is 0 Å². The van der Waals surface area contributed by atoms with Crippen molar-refractivity contribution in [3.05, 3.63) is 29.7 Å². The van der Waals surface area contributed by atoms with Crippen molar-refractivity contribution in [1.82, 2.24) is 14.5 Å². The highest BCUT2D eigenvalue weighted by Crippen LogP contribution is 2.18. The fourth-order valence-electron chi connectivity index (χ4n) is 1.62. The van der Waals surface area contributed by atoms with Gasteiger partial charge < -0.3 is 9.73 Å². The number of hydrogen-bond donors (Lipinski definition) is 2. The first kappa shape index (κ1) is 15.3. The number of furan rings is 1. The van der Waals surface area contributed by atoms with Crippen LogP contribution >= 0.6 is 0 Å². The maximum atomic E-state index is 12.0. The number of carbonyl (C=O) groups excluding carboxylic acids is 1. The third kappa shape index (κ3) is 2.98. The van der Waals surface area contributed by atoms with Crippen LogP contribution < -0.4 is 5.32 Å². The van der Waals surface area contributed by atoms with Crippen LogP contribution in [0.4, 0.5) is 5.82 Å². The molecule has 0 aliphatic carbocycles. The zero-order valence-corrected chi connectivity index (χ0v) is 12.7. The van der Waals surface area contributed by atoms with E-state index in [0.717, 1.165) is 9.87 Å². The fourth-order valence-corrected chi connectivity index (χ4v) is 2.42. The summed E-state index contributed by atoms with van der Waals surface area (Å²) in [4.78, 5) is 12.0. The Balaban J connectivity index is 2.20. The van der Waals surface area contributed by atoms with Crippen molar-refractivity contribution in [3.8, 4) is 0 Å². The largest absolute Gasteiger partial charge is 0.438 e. The third-order valence-electron chi connectivity index (χ3n) is 2.88. The Morgan fingerprint density at radius 2 is 2.14 bits per heavy atom. The number of sulfonamides is 1. The van der Waals surface area contributed by atoms with Gasteiger partial charge in [-0.05, 0) is 18.6 Å². The van der Waals surface area contributed by atoms with Crippen LogP contribution in [0, 0.1) is 0 Å². The van der Waals surface area contributed by atoms with Crippen molar-refractivity contribution in [3.63, 3.8) is 0 Å². The van der Waals surface area contributed by atoms with Gasteiger partial charge in [-0.15, -0.1) is 0 Å². The van der Waals surface area contributed by atoms with Gasteiger partial charge in [0.05, 0.1) is 6.20 Å². The lowest BCUT2D eigenvalue weighted by molar-refractivity contribution is 0.0991. The van der Waals surface area contributed by atoms with Crippen LogP contribution in [0.15, 0.2) is 27.8 Å². The fraction of sp³-hybridized carbons (Fsp3) is 0.333. The number of H-pyrrole nitrogens is 1. The van der Waals surface area contributed by atoms with E-state index >= 15 is 0 Å². The van der Waals surface area contributed by atoms with Crippen LogP contribution in [0.3, 0.4) is 0 Å². The molecule has 0 aliphatic rings. The van der Waals surface area contributed by atoms with Gasteiger partial charge in [-0.3, -0.25) is 9.89 Å². The Morgan fingerprint density at radius 1 is 1.43 bits per heavy atom. The molecule has 2 rings (SSSR count). The zero-order chi connectivity index (χ0) is 15.6. The van der Waals surface area contributed by atoms with Crippen molar-refractivity contribution in [1.29, 1.82) is 0 Å². The summed E-state index contributed by atoms with van der Waals surface area (Å²) in [7, 11) is -0.929. The topological polar surface area (TPSA) is 108 Å².